The molecular formula is C25H32N4O4. The lowest BCUT2D eigenvalue weighted by Gasteiger charge is -2.60. The molecular weight excluding hydrogens is 420 g/mol. The second-order valence-electron chi connectivity index (χ2n) is 10.4. The predicted octanol–water partition coefficient (Wildman–Crippen LogP) is 2.91. The van der Waals surface area contributed by atoms with Crippen molar-refractivity contribution in [1.29, 1.82) is 0 Å². The molecule has 3 saturated carbocycles. The smallest absolute Gasteiger partial charge is 0.328 e. The number of hydrogen-bond acceptors (Lipinski definition) is 5. The van der Waals surface area contributed by atoms with E-state index in [1.807, 2.05) is 0 Å². The standard InChI is InChI=1S/C25H32N4O4/c1-25(2)16-10-9-15(17(25)12-16)13-26-22(30)19-6-4-8-21-27-18(14-29(19)21)23(31)28-11-5-7-20(28)24(32)33-3/h4,6,8,14-17,20H,5,7,9-13H2,1-3H3,(H,26,30)/t15-,16-,17-,20-/m0/s1. The van der Waals surface area contributed by atoms with Crippen LogP contribution >= 0.6 is 0 Å². The Bertz CT molecular complexity index is 1110. The van der Waals surface area contributed by atoms with Crippen LogP contribution in [0.1, 0.15) is 66.9 Å². The van der Waals surface area contributed by atoms with E-state index < -0.39 is 12.0 Å². The molecule has 8 nitrogen and oxygen atoms in total. The highest BCUT2D eigenvalue weighted by Gasteiger charge is 2.53. The van der Waals surface area contributed by atoms with Gasteiger partial charge in [0.2, 0.25) is 0 Å². The van der Waals surface area contributed by atoms with Crippen molar-refractivity contribution in [2.45, 2.75) is 52.0 Å². The summed E-state index contributed by atoms with van der Waals surface area (Å²) in [6.07, 6.45) is 6.61. The number of amides is 2. The van der Waals surface area contributed by atoms with Gasteiger partial charge in [-0.05, 0) is 67.4 Å². The highest BCUT2D eigenvalue weighted by molar-refractivity contribution is 5.97. The highest BCUT2D eigenvalue weighted by atomic mass is 16.5. The maximum Gasteiger partial charge on any atom is 0.328 e. The Morgan fingerprint density at radius 3 is 2.76 bits per heavy atom. The zero-order valence-electron chi connectivity index (χ0n) is 19.5. The van der Waals surface area contributed by atoms with Crippen molar-refractivity contribution in [3.8, 4) is 0 Å². The van der Waals surface area contributed by atoms with E-state index in [0.29, 0.717) is 48.1 Å². The Hall–Kier alpha value is -2.90. The number of nitrogens with zero attached hydrogens (tertiary/aromatic N) is 3. The van der Waals surface area contributed by atoms with E-state index in [9.17, 15) is 14.4 Å². The molecule has 2 bridgehead atoms. The number of hydrogen-bond donors (Lipinski definition) is 1. The number of carbonyl (C=O) groups excluding carboxylic acids is 3. The van der Waals surface area contributed by atoms with Crippen LogP contribution in [-0.4, -0.2) is 58.3 Å². The number of rotatable bonds is 5. The van der Waals surface area contributed by atoms with Crippen molar-refractivity contribution in [2.24, 2.45) is 23.2 Å². The van der Waals surface area contributed by atoms with Crippen molar-refractivity contribution >= 4 is 23.4 Å². The second-order valence-corrected chi connectivity index (χ2v) is 10.4. The summed E-state index contributed by atoms with van der Waals surface area (Å²) in [7, 11) is 1.33. The molecule has 0 radical (unpaired) electrons. The van der Waals surface area contributed by atoms with Crippen LogP contribution in [0.15, 0.2) is 24.4 Å². The first-order valence-electron chi connectivity index (χ1n) is 12.0. The van der Waals surface area contributed by atoms with Crippen LogP contribution in [0.5, 0.6) is 0 Å². The van der Waals surface area contributed by atoms with Gasteiger partial charge in [0.1, 0.15) is 23.1 Å². The molecule has 6 rings (SSSR count). The van der Waals surface area contributed by atoms with Gasteiger partial charge in [-0.25, -0.2) is 9.78 Å². The first-order chi connectivity index (χ1) is 15.8. The quantitative estimate of drug-likeness (QED) is 0.704. The number of esters is 1. The van der Waals surface area contributed by atoms with Crippen molar-refractivity contribution in [3.05, 3.63) is 35.8 Å². The monoisotopic (exact) mass is 452 g/mol. The Labute approximate surface area is 193 Å². The van der Waals surface area contributed by atoms with Crippen LogP contribution in [0.2, 0.25) is 0 Å². The third kappa shape index (κ3) is 3.60. The lowest BCUT2D eigenvalue weighted by Crippen LogP contribution is -2.54. The Morgan fingerprint density at radius 2 is 2.03 bits per heavy atom. The SMILES string of the molecule is COC(=O)[C@@H]1CCCN1C(=O)c1cn2c(C(=O)NC[C@@H]3CC[C@H]4C[C@@H]3C4(C)C)cccc2n1. The normalized spacial score (nSPS) is 27.8. The van der Waals surface area contributed by atoms with Crippen LogP contribution < -0.4 is 5.32 Å². The van der Waals surface area contributed by atoms with Gasteiger partial charge in [-0.2, -0.15) is 0 Å². The first-order valence-corrected chi connectivity index (χ1v) is 12.0. The van der Waals surface area contributed by atoms with Crippen molar-refractivity contribution in [3.63, 3.8) is 0 Å². The van der Waals surface area contributed by atoms with E-state index in [0.717, 1.165) is 12.3 Å². The minimum atomic E-state index is -0.582. The van der Waals surface area contributed by atoms with E-state index in [2.05, 4.69) is 24.1 Å². The lowest BCUT2D eigenvalue weighted by molar-refractivity contribution is -0.145. The number of nitrogens with one attached hydrogen (secondary N) is 1. The number of pyridine rings is 1. The minimum absolute atomic E-state index is 0.162. The summed E-state index contributed by atoms with van der Waals surface area (Å²) >= 11 is 0. The molecule has 4 fully saturated rings. The van der Waals surface area contributed by atoms with Gasteiger partial charge in [-0.15, -0.1) is 0 Å². The Kier molecular flexibility index (Phi) is 5.41. The highest BCUT2D eigenvalue weighted by Crippen LogP contribution is 2.61. The summed E-state index contributed by atoms with van der Waals surface area (Å²) in [5.74, 6) is 1.13. The van der Waals surface area contributed by atoms with Gasteiger partial charge < -0.3 is 15.0 Å². The van der Waals surface area contributed by atoms with Crippen molar-refractivity contribution in [2.75, 3.05) is 20.2 Å². The molecule has 1 aliphatic heterocycles. The van der Waals surface area contributed by atoms with E-state index in [4.69, 9.17) is 4.74 Å². The summed E-state index contributed by atoms with van der Waals surface area (Å²) < 4.78 is 6.51. The Balaban J connectivity index is 1.32. The van der Waals surface area contributed by atoms with E-state index in [1.165, 1.54) is 31.3 Å². The molecule has 2 amide bonds. The van der Waals surface area contributed by atoms with Crippen LogP contribution in [0.4, 0.5) is 0 Å². The molecule has 4 aliphatic rings. The van der Waals surface area contributed by atoms with Gasteiger partial charge in [0.05, 0.1) is 7.11 Å². The largest absolute Gasteiger partial charge is 0.467 e. The summed E-state index contributed by atoms with van der Waals surface area (Å²) in [6, 6.07) is 4.71. The number of fused-ring (bicyclic) bond motifs is 3. The molecule has 3 aliphatic carbocycles. The molecule has 176 valence electrons. The number of methoxy groups -OCH3 is 1. The summed E-state index contributed by atoms with van der Waals surface area (Å²) in [6.45, 7) is 5.87. The van der Waals surface area contributed by atoms with Gasteiger partial charge in [-0.3, -0.25) is 14.0 Å². The van der Waals surface area contributed by atoms with E-state index in [-0.39, 0.29) is 17.5 Å². The molecule has 8 heteroatoms. The minimum Gasteiger partial charge on any atom is -0.467 e. The molecule has 2 aromatic rings. The number of likely N-dealkylation sites (tertiary alicyclic amines) is 1. The first kappa shape index (κ1) is 21.9. The Morgan fingerprint density at radius 1 is 1.21 bits per heavy atom. The molecule has 0 aromatic carbocycles. The fraction of sp³-hybridized carbons (Fsp3) is 0.600. The predicted molar refractivity (Wildman–Crippen MR) is 122 cm³/mol. The molecule has 2 aromatic heterocycles. The maximum absolute atomic E-state index is 13.1. The van der Waals surface area contributed by atoms with Crippen LogP contribution in [-0.2, 0) is 9.53 Å². The average Bonchev–Trinajstić information content (AvgIpc) is 3.48. The van der Waals surface area contributed by atoms with E-state index in [1.54, 1.807) is 28.8 Å². The van der Waals surface area contributed by atoms with Gasteiger partial charge in [-0.1, -0.05) is 19.9 Å². The van der Waals surface area contributed by atoms with Gasteiger partial charge >= 0.3 is 5.97 Å². The fourth-order valence-electron chi connectivity index (χ4n) is 6.36. The second kappa shape index (κ2) is 8.15. The van der Waals surface area contributed by atoms with Crippen LogP contribution in [0, 0.1) is 23.2 Å². The molecule has 1 saturated heterocycles. The fourth-order valence-corrected chi connectivity index (χ4v) is 6.36. The summed E-state index contributed by atoms with van der Waals surface area (Å²) in [4.78, 5) is 44.2. The van der Waals surface area contributed by atoms with Crippen molar-refractivity contribution in [1.82, 2.24) is 19.6 Å². The third-order valence-corrected chi connectivity index (χ3v) is 8.46. The average molecular weight is 453 g/mol. The lowest BCUT2D eigenvalue weighted by atomic mass is 9.45. The zero-order valence-corrected chi connectivity index (χ0v) is 19.5. The molecule has 1 N–H and O–H groups in total. The van der Waals surface area contributed by atoms with Crippen molar-refractivity contribution < 1.29 is 19.1 Å². The zero-order chi connectivity index (χ0) is 23.3. The number of aromatic nitrogens is 2. The molecule has 0 unspecified atom stereocenters. The maximum atomic E-state index is 13.1. The number of carbonyl (C=O) groups is 3. The topological polar surface area (TPSA) is 93.0 Å². The van der Waals surface area contributed by atoms with Gasteiger partial charge in [0, 0.05) is 19.3 Å². The summed E-state index contributed by atoms with van der Waals surface area (Å²) in [5.41, 5.74) is 1.58. The van der Waals surface area contributed by atoms with E-state index >= 15 is 0 Å². The summed E-state index contributed by atoms with van der Waals surface area (Å²) in [5, 5.41) is 3.13. The van der Waals surface area contributed by atoms with Gasteiger partial charge in [0.15, 0.2) is 0 Å². The molecule has 0 spiro atoms. The van der Waals surface area contributed by atoms with Gasteiger partial charge in [0.25, 0.3) is 11.8 Å². The third-order valence-electron chi connectivity index (χ3n) is 8.46. The molecule has 3 heterocycles. The van der Waals surface area contributed by atoms with Crippen LogP contribution in [0.25, 0.3) is 5.65 Å². The number of ether oxygens (including phenoxy) is 1. The number of imidazole rings is 1. The molecule has 4 atom stereocenters. The van der Waals surface area contributed by atoms with Crippen LogP contribution in [0.3, 0.4) is 0 Å². The molecule has 33 heavy (non-hydrogen) atoms.